The van der Waals surface area contributed by atoms with Crippen molar-refractivity contribution in [2.45, 2.75) is 37.9 Å². The third kappa shape index (κ3) is 4.31. The number of anilines is 2. The average molecular weight is 446 g/mol. The van der Waals surface area contributed by atoms with Crippen LogP contribution in [0.5, 0.6) is 0 Å². The van der Waals surface area contributed by atoms with E-state index >= 15 is 0 Å². The minimum atomic E-state index is -0.0942. The van der Waals surface area contributed by atoms with Gasteiger partial charge < -0.3 is 15.1 Å². The van der Waals surface area contributed by atoms with Gasteiger partial charge in [0, 0.05) is 30.7 Å². The first kappa shape index (κ1) is 20.9. The summed E-state index contributed by atoms with van der Waals surface area (Å²) in [5, 5.41) is 4.84. The van der Waals surface area contributed by atoms with Crippen molar-refractivity contribution >= 4 is 30.5 Å². The average Bonchev–Trinajstić information content (AvgIpc) is 3.54. The zero-order chi connectivity index (χ0) is 21.9. The second-order valence-electron chi connectivity index (χ2n) is 8.28. The van der Waals surface area contributed by atoms with E-state index in [0.29, 0.717) is 18.2 Å². The Balaban J connectivity index is 1.34. The number of nitrogen functional groups attached to an aromatic ring is 1. The number of nitrogens with two attached hydrogens (primary N) is 1. The molecular formula is C24H28N7P. The van der Waals surface area contributed by atoms with Crippen molar-refractivity contribution in [1.29, 1.82) is 0 Å². The van der Waals surface area contributed by atoms with Gasteiger partial charge in [-0.25, -0.2) is 20.8 Å². The Hall–Kier alpha value is -3.02. The number of hydrogen-bond donors (Lipinski definition) is 3. The van der Waals surface area contributed by atoms with Crippen molar-refractivity contribution < 1.29 is 0 Å². The Morgan fingerprint density at radius 1 is 1.06 bits per heavy atom. The number of imidazole rings is 1. The zero-order valence-electron chi connectivity index (χ0n) is 18.2. The number of pyridine rings is 1. The van der Waals surface area contributed by atoms with Crippen molar-refractivity contribution in [1.82, 2.24) is 19.4 Å². The fraction of sp³-hybridized carbons (Fsp3) is 0.292. The highest BCUT2D eigenvalue weighted by molar-refractivity contribution is 7.65. The summed E-state index contributed by atoms with van der Waals surface area (Å²) in [6, 6.07) is 12.9. The molecule has 1 aliphatic rings. The van der Waals surface area contributed by atoms with Crippen LogP contribution in [-0.4, -0.2) is 31.7 Å². The van der Waals surface area contributed by atoms with Gasteiger partial charge in [-0.3, -0.25) is 0 Å². The van der Waals surface area contributed by atoms with Crippen LogP contribution in [0.3, 0.4) is 0 Å². The van der Waals surface area contributed by atoms with Crippen molar-refractivity contribution in [3.8, 4) is 11.3 Å². The number of benzene rings is 1. The summed E-state index contributed by atoms with van der Waals surface area (Å²) in [6.07, 6.45) is 13.1. The SMILES string of the molecule is CP(c1ccc(-c2cnc(NN)c(NCc3ccc4nccn4c3)n2)cc1)C1CCCC1. The molecule has 1 aromatic carbocycles. The van der Waals surface area contributed by atoms with Crippen LogP contribution in [0.4, 0.5) is 11.6 Å². The standard InChI is InChI=1S/C24H28N7P/c1-32(19-4-2-3-5-19)20-9-7-18(8-10-20)21-15-28-24(30-25)23(29-21)27-14-17-6-11-22-26-12-13-31(22)16-17/h6-13,15-16,19H,2-5,14,25H2,1H3,(H,27,29)(H,28,30). The number of hydrazine groups is 1. The highest BCUT2D eigenvalue weighted by atomic mass is 31.1. The van der Waals surface area contributed by atoms with Crippen LogP contribution >= 0.6 is 7.92 Å². The molecule has 0 amide bonds. The van der Waals surface area contributed by atoms with E-state index in [1.807, 2.05) is 28.9 Å². The third-order valence-corrected chi connectivity index (χ3v) is 8.99. The lowest BCUT2D eigenvalue weighted by Crippen LogP contribution is -2.14. The molecule has 0 saturated heterocycles. The smallest absolute Gasteiger partial charge is 0.183 e. The van der Waals surface area contributed by atoms with Gasteiger partial charge in [0.25, 0.3) is 0 Å². The molecule has 1 fully saturated rings. The van der Waals surface area contributed by atoms with Gasteiger partial charge >= 0.3 is 0 Å². The van der Waals surface area contributed by atoms with Crippen LogP contribution in [-0.2, 0) is 6.54 Å². The second-order valence-corrected chi connectivity index (χ2v) is 10.7. The lowest BCUT2D eigenvalue weighted by molar-refractivity contribution is 0.886. The van der Waals surface area contributed by atoms with Crippen LogP contribution in [0.25, 0.3) is 16.9 Å². The van der Waals surface area contributed by atoms with Crippen LogP contribution in [0.1, 0.15) is 31.2 Å². The monoisotopic (exact) mass is 445 g/mol. The number of nitrogens with zero attached hydrogens (tertiary/aromatic N) is 4. The molecule has 5 rings (SSSR count). The van der Waals surface area contributed by atoms with E-state index in [4.69, 9.17) is 10.8 Å². The summed E-state index contributed by atoms with van der Waals surface area (Å²) in [5.74, 6) is 6.83. The van der Waals surface area contributed by atoms with Crippen LogP contribution in [0, 0.1) is 0 Å². The van der Waals surface area contributed by atoms with Crippen LogP contribution in [0.15, 0.2) is 61.2 Å². The molecule has 1 aliphatic carbocycles. The van der Waals surface area contributed by atoms with Gasteiger partial charge in [-0.2, -0.15) is 0 Å². The number of hydrogen-bond acceptors (Lipinski definition) is 6. The molecule has 4 N–H and O–H groups in total. The first-order valence-corrected chi connectivity index (χ1v) is 12.9. The molecule has 0 radical (unpaired) electrons. The summed E-state index contributed by atoms with van der Waals surface area (Å²) in [7, 11) is -0.0942. The quantitative estimate of drug-likeness (QED) is 0.222. The largest absolute Gasteiger partial charge is 0.363 e. The Bertz CT molecular complexity index is 1200. The van der Waals surface area contributed by atoms with Gasteiger partial charge in [-0.05, 0) is 42.1 Å². The number of nitrogens with one attached hydrogen (secondary N) is 2. The van der Waals surface area contributed by atoms with Crippen molar-refractivity contribution in [3.05, 3.63) is 66.7 Å². The van der Waals surface area contributed by atoms with Gasteiger partial charge in [0.2, 0.25) is 0 Å². The Labute approximate surface area is 189 Å². The molecule has 8 heteroatoms. The minimum absolute atomic E-state index is 0.0942. The number of aromatic nitrogens is 4. The maximum Gasteiger partial charge on any atom is 0.183 e. The highest BCUT2D eigenvalue weighted by Gasteiger charge is 2.22. The number of fused-ring (bicyclic) bond motifs is 1. The summed E-state index contributed by atoms with van der Waals surface area (Å²) in [6.45, 7) is 3.02. The normalized spacial score (nSPS) is 15.2. The molecule has 0 aliphatic heterocycles. The molecule has 32 heavy (non-hydrogen) atoms. The van der Waals surface area contributed by atoms with Gasteiger partial charge in [-0.1, -0.05) is 51.1 Å². The predicted molar refractivity (Wildman–Crippen MR) is 133 cm³/mol. The molecule has 7 nitrogen and oxygen atoms in total. The molecule has 3 heterocycles. The fourth-order valence-corrected chi connectivity index (χ4v) is 6.56. The summed E-state index contributed by atoms with van der Waals surface area (Å²) in [4.78, 5) is 13.6. The van der Waals surface area contributed by atoms with Crippen molar-refractivity contribution in [2.24, 2.45) is 5.84 Å². The van der Waals surface area contributed by atoms with Gasteiger partial charge in [0.15, 0.2) is 11.6 Å². The summed E-state index contributed by atoms with van der Waals surface area (Å²) in [5.41, 5.74) is 7.43. The van der Waals surface area contributed by atoms with E-state index in [1.165, 1.54) is 31.0 Å². The Morgan fingerprint density at radius 2 is 1.88 bits per heavy atom. The predicted octanol–water partition coefficient (Wildman–Crippen LogP) is 4.37. The third-order valence-electron chi connectivity index (χ3n) is 6.26. The molecule has 1 atom stereocenters. The second kappa shape index (κ2) is 9.23. The fourth-order valence-electron chi connectivity index (χ4n) is 4.38. The molecule has 3 aromatic heterocycles. The zero-order valence-corrected chi connectivity index (χ0v) is 19.1. The summed E-state index contributed by atoms with van der Waals surface area (Å²) >= 11 is 0. The van der Waals surface area contributed by atoms with Crippen molar-refractivity contribution in [3.63, 3.8) is 0 Å². The molecule has 0 bridgehead atoms. The molecule has 164 valence electrons. The lowest BCUT2D eigenvalue weighted by atomic mass is 10.1. The number of rotatable bonds is 7. The molecule has 0 spiro atoms. The maximum absolute atomic E-state index is 5.68. The lowest BCUT2D eigenvalue weighted by Gasteiger charge is -2.20. The molecule has 4 aromatic rings. The molecule has 1 unspecified atom stereocenters. The first-order chi connectivity index (χ1) is 15.7. The van der Waals surface area contributed by atoms with E-state index in [-0.39, 0.29) is 7.92 Å². The van der Waals surface area contributed by atoms with E-state index in [0.717, 1.165) is 28.1 Å². The van der Waals surface area contributed by atoms with E-state index < -0.39 is 0 Å². The topological polar surface area (TPSA) is 93.2 Å². The Morgan fingerprint density at radius 3 is 2.66 bits per heavy atom. The Kier molecular flexibility index (Phi) is 6.02. The van der Waals surface area contributed by atoms with Crippen LogP contribution in [0.2, 0.25) is 0 Å². The highest BCUT2D eigenvalue weighted by Crippen LogP contribution is 2.45. The van der Waals surface area contributed by atoms with Crippen molar-refractivity contribution in [2.75, 3.05) is 17.4 Å². The van der Waals surface area contributed by atoms with Gasteiger partial charge in [0.05, 0.1) is 11.9 Å². The van der Waals surface area contributed by atoms with Gasteiger partial charge in [0.1, 0.15) is 5.65 Å². The van der Waals surface area contributed by atoms with E-state index in [2.05, 4.69) is 51.6 Å². The van der Waals surface area contributed by atoms with E-state index in [9.17, 15) is 0 Å². The van der Waals surface area contributed by atoms with Crippen LogP contribution < -0.4 is 21.9 Å². The molecular weight excluding hydrogens is 417 g/mol. The van der Waals surface area contributed by atoms with E-state index in [1.54, 1.807) is 12.4 Å². The molecule has 1 saturated carbocycles. The minimum Gasteiger partial charge on any atom is -0.363 e. The van der Waals surface area contributed by atoms with Gasteiger partial charge in [-0.15, -0.1) is 0 Å². The first-order valence-electron chi connectivity index (χ1n) is 11.0. The maximum atomic E-state index is 5.68. The summed E-state index contributed by atoms with van der Waals surface area (Å²) < 4.78 is 2.00.